The van der Waals surface area contributed by atoms with Crippen molar-refractivity contribution in [2.75, 3.05) is 6.61 Å². The summed E-state index contributed by atoms with van der Waals surface area (Å²) in [6.07, 6.45) is 10.0. The van der Waals surface area contributed by atoms with Crippen molar-refractivity contribution in [2.45, 2.75) is 44.9 Å². The van der Waals surface area contributed by atoms with Gasteiger partial charge in [-0.25, -0.2) is 4.79 Å². The van der Waals surface area contributed by atoms with E-state index >= 15 is 0 Å². The minimum atomic E-state index is -0.332. The smallest absolute Gasteiger partial charge is 0.339 e. The van der Waals surface area contributed by atoms with E-state index in [9.17, 15) is 4.79 Å². The van der Waals surface area contributed by atoms with E-state index in [1.54, 1.807) is 24.3 Å². The van der Waals surface area contributed by atoms with Crippen LogP contribution in [0.2, 0.25) is 5.02 Å². The standard InChI is InChI=1S/C17H23ClO2/c1-2-3-4-5-6-7-8-11-14-20-17(19)15-12-9-10-13-16(15)18/h2,9-10,12-13H,1,3-8,11,14H2. The molecule has 1 rings (SSSR count). The molecule has 110 valence electrons. The zero-order chi connectivity index (χ0) is 14.6. The lowest BCUT2D eigenvalue weighted by atomic mass is 10.1. The fourth-order valence-electron chi connectivity index (χ4n) is 1.97. The van der Waals surface area contributed by atoms with Gasteiger partial charge in [0.05, 0.1) is 17.2 Å². The minimum Gasteiger partial charge on any atom is -0.462 e. The summed E-state index contributed by atoms with van der Waals surface area (Å²) in [6, 6.07) is 6.96. The van der Waals surface area contributed by atoms with Gasteiger partial charge in [-0.15, -0.1) is 6.58 Å². The van der Waals surface area contributed by atoms with Crippen molar-refractivity contribution in [3.05, 3.63) is 47.5 Å². The zero-order valence-electron chi connectivity index (χ0n) is 11.9. The lowest BCUT2D eigenvalue weighted by molar-refractivity contribution is 0.0498. The number of carbonyl (C=O) groups is 1. The Morgan fingerprint density at radius 3 is 2.45 bits per heavy atom. The molecule has 0 radical (unpaired) electrons. The van der Waals surface area contributed by atoms with E-state index < -0.39 is 0 Å². The molecule has 2 nitrogen and oxygen atoms in total. The number of esters is 1. The summed E-state index contributed by atoms with van der Waals surface area (Å²) >= 11 is 5.93. The van der Waals surface area contributed by atoms with Gasteiger partial charge in [0.15, 0.2) is 0 Å². The van der Waals surface area contributed by atoms with Crippen LogP contribution in [-0.2, 0) is 4.74 Å². The fraction of sp³-hybridized carbons (Fsp3) is 0.471. The zero-order valence-corrected chi connectivity index (χ0v) is 12.7. The van der Waals surface area contributed by atoms with Crippen molar-refractivity contribution >= 4 is 17.6 Å². The number of hydrogen-bond acceptors (Lipinski definition) is 2. The van der Waals surface area contributed by atoms with Crippen LogP contribution in [0.4, 0.5) is 0 Å². The maximum absolute atomic E-state index is 11.8. The molecule has 0 unspecified atom stereocenters. The van der Waals surface area contributed by atoms with Crippen LogP contribution >= 0.6 is 11.6 Å². The maximum atomic E-state index is 11.8. The molecule has 0 aliphatic heterocycles. The number of hydrogen-bond donors (Lipinski definition) is 0. The third-order valence-corrected chi connectivity index (χ3v) is 3.46. The normalized spacial score (nSPS) is 10.2. The lowest BCUT2D eigenvalue weighted by Gasteiger charge is -2.06. The number of benzene rings is 1. The van der Waals surface area contributed by atoms with E-state index in [4.69, 9.17) is 16.3 Å². The van der Waals surface area contributed by atoms with Gasteiger partial charge in [-0.05, 0) is 31.4 Å². The molecule has 0 amide bonds. The summed E-state index contributed by atoms with van der Waals surface area (Å²) < 4.78 is 5.22. The van der Waals surface area contributed by atoms with Crippen LogP contribution in [0.25, 0.3) is 0 Å². The predicted molar refractivity (Wildman–Crippen MR) is 84.3 cm³/mol. The Morgan fingerprint density at radius 1 is 1.10 bits per heavy atom. The van der Waals surface area contributed by atoms with Gasteiger partial charge in [-0.1, -0.05) is 55.5 Å². The summed E-state index contributed by atoms with van der Waals surface area (Å²) in [7, 11) is 0. The molecular formula is C17H23ClO2. The predicted octanol–water partition coefficient (Wildman–Crippen LogP) is 5.41. The number of carbonyl (C=O) groups excluding carboxylic acids is 1. The molecule has 0 saturated heterocycles. The highest BCUT2D eigenvalue weighted by molar-refractivity contribution is 6.33. The Kier molecular flexibility index (Phi) is 8.81. The molecule has 0 saturated carbocycles. The van der Waals surface area contributed by atoms with E-state index in [0.717, 1.165) is 19.3 Å². The van der Waals surface area contributed by atoms with E-state index in [-0.39, 0.29) is 5.97 Å². The van der Waals surface area contributed by atoms with Crippen LogP contribution in [0, 0.1) is 0 Å². The molecule has 1 aromatic rings. The van der Waals surface area contributed by atoms with E-state index in [0.29, 0.717) is 17.2 Å². The highest BCUT2D eigenvalue weighted by atomic mass is 35.5. The molecule has 0 aromatic heterocycles. The number of rotatable bonds is 10. The topological polar surface area (TPSA) is 26.3 Å². The summed E-state index contributed by atoms with van der Waals surface area (Å²) in [5.74, 6) is -0.332. The van der Waals surface area contributed by atoms with Gasteiger partial charge in [0.25, 0.3) is 0 Å². The van der Waals surface area contributed by atoms with E-state index in [1.807, 2.05) is 6.08 Å². The van der Waals surface area contributed by atoms with Crippen molar-refractivity contribution < 1.29 is 9.53 Å². The average Bonchev–Trinajstić information content (AvgIpc) is 2.46. The van der Waals surface area contributed by atoms with E-state index in [2.05, 4.69) is 6.58 Å². The lowest BCUT2D eigenvalue weighted by Crippen LogP contribution is -2.07. The van der Waals surface area contributed by atoms with Crippen molar-refractivity contribution in [3.63, 3.8) is 0 Å². The third kappa shape index (κ3) is 6.76. The van der Waals surface area contributed by atoms with Crippen LogP contribution in [0.1, 0.15) is 55.3 Å². The van der Waals surface area contributed by atoms with Crippen LogP contribution < -0.4 is 0 Å². The first-order chi connectivity index (χ1) is 9.75. The first-order valence-corrected chi connectivity index (χ1v) is 7.66. The Labute approximate surface area is 126 Å². The second-order valence-electron chi connectivity index (χ2n) is 4.81. The van der Waals surface area contributed by atoms with Crippen molar-refractivity contribution in [1.29, 1.82) is 0 Å². The maximum Gasteiger partial charge on any atom is 0.339 e. The van der Waals surface area contributed by atoms with Gasteiger partial charge in [-0.3, -0.25) is 0 Å². The third-order valence-electron chi connectivity index (χ3n) is 3.13. The number of ether oxygens (including phenoxy) is 1. The molecule has 0 spiro atoms. The Morgan fingerprint density at radius 2 is 1.75 bits per heavy atom. The Bertz CT molecular complexity index is 415. The molecule has 0 fully saturated rings. The summed E-state index contributed by atoms with van der Waals surface area (Å²) in [5, 5.41) is 0.444. The number of allylic oxidation sites excluding steroid dienone is 1. The molecule has 0 atom stereocenters. The second kappa shape index (κ2) is 10.5. The summed E-state index contributed by atoms with van der Waals surface area (Å²) in [4.78, 5) is 11.8. The summed E-state index contributed by atoms with van der Waals surface area (Å²) in [5.41, 5.74) is 0.443. The summed E-state index contributed by atoms with van der Waals surface area (Å²) in [6.45, 7) is 4.18. The largest absolute Gasteiger partial charge is 0.462 e. The highest BCUT2D eigenvalue weighted by Gasteiger charge is 2.10. The van der Waals surface area contributed by atoms with Gasteiger partial charge in [0, 0.05) is 0 Å². The van der Waals surface area contributed by atoms with Gasteiger partial charge in [-0.2, -0.15) is 0 Å². The minimum absolute atomic E-state index is 0.332. The first kappa shape index (κ1) is 16.8. The van der Waals surface area contributed by atoms with Gasteiger partial charge in [0.2, 0.25) is 0 Å². The first-order valence-electron chi connectivity index (χ1n) is 7.28. The quantitative estimate of drug-likeness (QED) is 0.327. The van der Waals surface area contributed by atoms with E-state index in [1.165, 1.54) is 25.7 Å². The monoisotopic (exact) mass is 294 g/mol. The molecule has 3 heteroatoms. The van der Waals surface area contributed by atoms with Gasteiger partial charge < -0.3 is 4.74 Å². The van der Waals surface area contributed by atoms with Crippen LogP contribution in [0.5, 0.6) is 0 Å². The average molecular weight is 295 g/mol. The fourth-order valence-corrected chi connectivity index (χ4v) is 2.18. The Balaban J connectivity index is 2.05. The number of unbranched alkanes of at least 4 members (excludes halogenated alkanes) is 6. The molecule has 0 aliphatic carbocycles. The molecule has 0 aliphatic rings. The molecule has 0 bridgehead atoms. The van der Waals surface area contributed by atoms with Crippen molar-refractivity contribution in [2.24, 2.45) is 0 Å². The number of halogens is 1. The molecule has 20 heavy (non-hydrogen) atoms. The van der Waals surface area contributed by atoms with Crippen molar-refractivity contribution in [1.82, 2.24) is 0 Å². The van der Waals surface area contributed by atoms with Crippen LogP contribution in [0.3, 0.4) is 0 Å². The second-order valence-corrected chi connectivity index (χ2v) is 5.22. The molecular weight excluding hydrogens is 272 g/mol. The highest BCUT2D eigenvalue weighted by Crippen LogP contribution is 2.16. The molecule has 0 heterocycles. The molecule has 1 aromatic carbocycles. The SMILES string of the molecule is C=CCCCCCCCCOC(=O)c1ccccc1Cl. The van der Waals surface area contributed by atoms with Crippen molar-refractivity contribution in [3.8, 4) is 0 Å². The van der Waals surface area contributed by atoms with Gasteiger partial charge >= 0.3 is 5.97 Å². The molecule has 0 N–H and O–H groups in total. The van der Waals surface area contributed by atoms with Crippen LogP contribution in [-0.4, -0.2) is 12.6 Å². The van der Waals surface area contributed by atoms with Gasteiger partial charge in [0.1, 0.15) is 0 Å². The Hall–Kier alpha value is -1.28. The van der Waals surface area contributed by atoms with Crippen LogP contribution in [0.15, 0.2) is 36.9 Å².